The first-order valence-corrected chi connectivity index (χ1v) is 6.81. The van der Waals surface area contributed by atoms with Gasteiger partial charge >= 0.3 is 0 Å². The maximum absolute atomic E-state index is 8.68. The number of rotatable bonds is 5. The molecule has 1 aliphatic heterocycles. The molecule has 1 aromatic rings. The topological polar surface area (TPSA) is 92.6 Å². The predicted octanol–water partition coefficient (Wildman–Crippen LogP) is 0.646. The van der Waals surface area contributed by atoms with Gasteiger partial charge in [-0.05, 0) is 32.4 Å². The quantitative estimate of drug-likeness (QED) is 0.353. The van der Waals surface area contributed by atoms with Crippen LogP contribution < -0.4 is 5.73 Å². The molecule has 0 atom stereocenters. The van der Waals surface area contributed by atoms with Crippen molar-refractivity contribution in [1.82, 2.24) is 19.7 Å². The Hall–Kier alpha value is -1.63. The van der Waals surface area contributed by atoms with E-state index in [9.17, 15) is 0 Å². The molecule has 19 heavy (non-hydrogen) atoms. The number of oxime groups is 1. The second-order valence-electron chi connectivity index (χ2n) is 4.97. The number of hydrogen-bond acceptors (Lipinski definition) is 5. The fourth-order valence-corrected chi connectivity index (χ4v) is 2.48. The highest BCUT2D eigenvalue weighted by atomic mass is 16.4. The second-order valence-corrected chi connectivity index (χ2v) is 4.97. The summed E-state index contributed by atoms with van der Waals surface area (Å²) in [5, 5.41) is 16.0. The van der Waals surface area contributed by atoms with Crippen molar-refractivity contribution in [1.29, 1.82) is 0 Å². The number of nitrogens with two attached hydrogens (primary N) is 1. The highest BCUT2D eigenvalue weighted by molar-refractivity contribution is 5.82. The van der Waals surface area contributed by atoms with Gasteiger partial charge in [0.2, 0.25) is 0 Å². The van der Waals surface area contributed by atoms with Gasteiger partial charge < -0.3 is 10.9 Å². The third-order valence-corrected chi connectivity index (χ3v) is 3.62. The Morgan fingerprint density at radius 2 is 2.26 bits per heavy atom. The van der Waals surface area contributed by atoms with Crippen LogP contribution in [-0.4, -0.2) is 43.8 Å². The van der Waals surface area contributed by atoms with E-state index >= 15 is 0 Å². The van der Waals surface area contributed by atoms with Crippen molar-refractivity contribution in [3.05, 3.63) is 12.2 Å². The van der Waals surface area contributed by atoms with Gasteiger partial charge in [0.15, 0.2) is 0 Å². The zero-order valence-electron chi connectivity index (χ0n) is 11.4. The molecule has 0 spiro atoms. The zero-order valence-corrected chi connectivity index (χ0v) is 11.4. The Labute approximate surface area is 113 Å². The van der Waals surface area contributed by atoms with Crippen molar-refractivity contribution in [2.45, 2.75) is 39.3 Å². The summed E-state index contributed by atoms with van der Waals surface area (Å²) in [6.07, 6.45) is 4.53. The Balaban J connectivity index is 1.87. The highest BCUT2D eigenvalue weighted by Crippen LogP contribution is 2.18. The van der Waals surface area contributed by atoms with E-state index in [1.165, 1.54) is 0 Å². The molecule has 1 aliphatic rings. The summed E-state index contributed by atoms with van der Waals surface area (Å²) in [6, 6.07) is 0. The van der Waals surface area contributed by atoms with E-state index in [4.69, 9.17) is 10.9 Å². The molecular weight excluding hydrogens is 244 g/mol. The van der Waals surface area contributed by atoms with E-state index < -0.39 is 0 Å². The molecule has 2 rings (SSSR count). The monoisotopic (exact) mass is 266 g/mol. The highest BCUT2D eigenvalue weighted by Gasteiger charge is 2.23. The van der Waals surface area contributed by atoms with Crippen molar-refractivity contribution < 1.29 is 5.21 Å². The molecule has 0 bridgehead atoms. The number of aromatic nitrogens is 3. The van der Waals surface area contributed by atoms with Gasteiger partial charge in [-0.25, -0.2) is 9.67 Å². The normalized spacial score (nSPS) is 18.9. The van der Waals surface area contributed by atoms with E-state index in [-0.39, 0.29) is 5.92 Å². The van der Waals surface area contributed by atoms with Crippen molar-refractivity contribution in [3.8, 4) is 0 Å². The molecule has 0 aliphatic carbocycles. The standard InChI is InChI=1S/C12H22N6O/c1-2-5-18-11(14-9-15-18)8-17-6-3-10(4-7-17)12(13)16-19/h9-10,19H,2-8H2,1H3,(H2,13,16). The predicted molar refractivity (Wildman–Crippen MR) is 71.7 cm³/mol. The first-order valence-electron chi connectivity index (χ1n) is 6.81. The average molecular weight is 266 g/mol. The molecule has 0 radical (unpaired) electrons. The summed E-state index contributed by atoms with van der Waals surface area (Å²) < 4.78 is 1.97. The van der Waals surface area contributed by atoms with E-state index in [1.807, 2.05) is 4.68 Å². The molecule has 106 valence electrons. The lowest BCUT2D eigenvalue weighted by Gasteiger charge is -2.30. The number of amidine groups is 1. The summed E-state index contributed by atoms with van der Waals surface area (Å²) in [6.45, 7) is 5.76. The minimum atomic E-state index is 0.203. The molecule has 0 saturated carbocycles. The van der Waals surface area contributed by atoms with Crippen LogP contribution in [0.25, 0.3) is 0 Å². The van der Waals surface area contributed by atoms with E-state index in [1.54, 1.807) is 6.33 Å². The van der Waals surface area contributed by atoms with Gasteiger partial charge in [0.1, 0.15) is 18.0 Å². The summed E-state index contributed by atoms with van der Waals surface area (Å²) in [7, 11) is 0. The second kappa shape index (κ2) is 6.51. The summed E-state index contributed by atoms with van der Waals surface area (Å²) in [4.78, 5) is 6.67. The molecule has 1 fully saturated rings. The zero-order chi connectivity index (χ0) is 13.7. The van der Waals surface area contributed by atoms with Crippen molar-refractivity contribution in [2.75, 3.05) is 13.1 Å². The van der Waals surface area contributed by atoms with Crippen molar-refractivity contribution >= 4 is 5.84 Å². The Bertz CT molecular complexity index is 422. The van der Waals surface area contributed by atoms with Crippen LogP contribution in [0.2, 0.25) is 0 Å². The van der Waals surface area contributed by atoms with Gasteiger partial charge in [0.05, 0.1) is 6.54 Å². The largest absolute Gasteiger partial charge is 0.409 e. The van der Waals surface area contributed by atoms with Gasteiger partial charge in [-0.2, -0.15) is 5.10 Å². The first-order chi connectivity index (χ1) is 9.24. The molecule has 7 nitrogen and oxygen atoms in total. The van der Waals surface area contributed by atoms with Crippen molar-refractivity contribution in [2.24, 2.45) is 16.8 Å². The fraction of sp³-hybridized carbons (Fsp3) is 0.750. The lowest BCUT2D eigenvalue weighted by atomic mass is 9.96. The maximum Gasteiger partial charge on any atom is 0.142 e. The SMILES string of the molecule is CCCn1ncnc1CN1CCC(C(N)=NO)CC1. The summed E-state index contributed by atoms with van der Waals surface area (Å²) >= 11 is 0. The average Bonchev–Trinajstić information content (AvgIpc) is 2.86. The minimum Gasteiger partial charge on any atom is -0.409 e. The summed E-state index contributed by atoms with van der Waals surface area (Å²) in [5.74, 6) is 1.58. The van der Waals surface area contributed by atoms with Gasteiger partial charge in [-0.1, -0.05) is 12.1 Å². The lowest BCUT2D eigenvalue weighted by Crippen LogP contribution is -2.38. The Morgan fingerprint density at radius 1 is 1.53 bits per heavy atom. The minimum absolute atomic E-state index is 0.203. The van der Waals surface area contributed by atoms with E-state index in [0.29, 0.717) is 5.84 Å². The third kappa shape index (κ3) is 3.44. The molecule has 3 N–H and O–H groups in total. The first kappa shape index (κ1) is 13.8. The van der Waals surface area contributed by atoms with Gasteiger partial charge in [-0.15, -0.1) is 0 Å². The fourth-order valence-electron chi connectivity index (χ4n) is 2.48. The Kier molecular flexibility index (Phi) is 4.73. The van der Waals surface area contributed by atoms with Crippen molar-refractivity contribution in [3.63, 3.8) is 0 Å². The molecule has 1 aromatic heterocycles. The molecule has 7 heteroatoms. The van der Waals surface area contributed by atoms with Crippen LogP contribution >= 0.6 is 0 Å². The van der Waals surface area contributed by atoms with E-state index in [2.05, 4.69) is 27.1 Å². The van der Waals surface area contributed by atoms with Crippen LogP contribution in [0.3, 0.4) is 0 Å². The summed E-state index contributed by atoms with van der Waals surface area (Å²) in [5.41, 5.74) is 5.65. The number of aryl methyl sites for hydroxylation is 1. The molecule has 1 saturated heterocycles. The molecular formula is C12H22N6O. The third-order valence-electron chi connectivity index (χ3n) is 3.62. The number of piperidine rings is 1. The van der Waals surface area contributed by atoms with Crippen LogP contribution in [0.4, 0.5) is 0 Å². The smallest absolute Gasteiger partial charge is 0.142 e. The van der Waals surface area contributed by atoms with Gasteiger partial charge in [0.25, 0.3) is 0 Å². The van der Waals surface area contributed by atoms with Gasteiger partial charge in [0, 0.05) is 12.5 Å². The van der Waals surface area contributed by atoms with Crippen LogP contribution in [0.5, 0.6) is 0 Å². The molecule has 2 heterocycles. The van der Waals surface area contributed by atoms with Crippen LogP contribution in [0, 0.1) is 5.92 Å². The molecule has 0 aromatic carbocycles. The van der Waals surface area contributed by atoms with Crippen LogP contribution in [-0.2, 0) is 13.1 Å². The maximum atomic E-state index is 8.68. The number of hydrogen-bond donors (Lipinski definition) is 2. The van der Waals surface area contributed by atoms with Crippen LogP contribution in [0.1, 0.15) is 32.0 Å². The molecule has 0 unspecified atom stereocenters. The van der Waals surface area contributed by atoms with E-state index in [0.717, 1.165) is 51.3 Å². The van der Waals surface area contributed by atoms with Gasteiger partial charge in [-0.3, -0.25) is 4.90 Å². The number of nitrogens with zero attached hydrogens (tertiary/aromatic N) is 5. The Morgan fingerprint density at radius 3 is 2.89 bits per heavy atom. The lowest BCUT2D eigenvalue weighted by molar-refractivity contribution is 0.191. The number of likely N-dealkylation sites (tertiary alicyclic amines) is 1. The molecule has 0 amide bonds. The van der Waals surface area contributed by atoms with Crippen LogP contribution in [0.15, 0.2) is 11.5 Å².